The van der Waals surface area contributed by atoms with E-state index in [1.54, 1.807) is 6.92 Å². The highest BCUT2D eigenvalue weighted by atomic mass is 32.2. The van der Waals surface area contributed by atoms with Crippen LogP contribution in [0.5, 0.6) is 0 Å². The van der Waals surface area contributed by atoms with Crippen LogP contribution < -0.4 is 0 Å². The van der Waals surface area contributed by atoms with Gasteiger partial charge in [-0.2, -0.15) is 0 Å². The molecule has 0 heterocycles. The molecule has 0 spiro atoms. The molecule has 2 atom stereocenters. The maximum Gasteiger partial charge on any atom is 0.156 e. The third-order valence-corrected chi connectivity index (χ3v) is 2.57. The van der Waals surface area contributed by atoms with Gasteiger partial charge in [0.15, 0.2) is 11.1 Å². The van der Waals surface area contributed by atoms with Crippen molar-refractivity contribution in [3.63, 3.8) is 0 Å². The van der Waals surface area contributed by atoms with Crippen molar-refractivity contribution in [1.29, 1.82) is 0 Å². The lowest BCUT2D eigenvalue weighted by Crippen LogP contribution is -2.12. The second-order valence-corrected chi connectivity index (χ2v) is 4.13. The third kappa shape index (κ3) is 2.75. The van der Waals surface area contributed by atoms with Gasteiger partial charge in [0.05, 0.1) is 5.25 Å². The molecule has 12 heavy (non-hydrogen) atoms. The van der Waals surface area contributed by atoms with Crippen molar-refractivity contribution >= 4 is 11.1 Å². The van der Waals surface area contributed by atoms with Gasteiger partial charge >= 0.3 is 0 Å². The maximum atomic E-state index is 10.6. The zero-order chi connectivity index (χ0) is 8.97. The van der Waals surface area contributed by atoms with Crippen molar-refractivity contribution < 1.29 is 8.76 Å². The van der Waals surface area contributed by atoms with Gasteiger partial charge in [0.1, 0.15) is 0 Å². The average Bonchev–Trinajstić information content (AvgIpc) is 2.06. The Hall–Kier alpha value is -0.670. The van der Waals surface area contributed by atoms with Gasteiger partial charge in [0.2, 0.25) is 0 Å². The van der Waals surface area contributed by atoms with E-state index in [9.17, 15) is 4.21 Å². The normalized spacial score (nSPS) is 15.5. The van der Waals surface area contributed by atoms with Crippen LogP contribution in [0, 0.1) is 0 Å². The van der Waals surface area contributed by atoms with Gasteiger partial charge < -0.3 is 4.55 Å². The molecule has 0 fully saturated rings. The summed E-state index contributed by atoms with van der Waals surface area (Å²) in [4.78, 5) is 0. The molecule has 0 aliphatic rings. The second kappa shape index (κ2) is 4.38. The van der Waals surface area contributed by atoms with Crippen LogP contribution in [-0.4, -0.2) is 14.0 Å². The molecule has 0 saturated heterocycles. The molecule has 2 nitrogen and oxygen atoms in total. The van der Waals surface area contributed by atoms with E-state index in [1.165, 1.54) is 0 Å². The molecule has 0 aliphatic heterocycles. The van der Waals surface area contributed by atoms with Crippen LogP contribution in [0.4, 0.5) is 0 Å². The van der Waals surface area contributed by atoms with E-state index in [2.05, 4.69) is 0 Å². The molecule has 0 bridgehead atoms. The van der Waals surface area contributed by atoms with Crippen molar-refractivity contribution in [2.75, 3.05) is 0 Å². The molecule has 0 amide bonds. The fraction of sp³-hybridized carbons (Fsp3) is 0.333. The molecule has 2 unspecified atom stereocenters. The first kappa shape index (κ1) is 9.42. The van der Waals surface area contributed by atoms with Gasteiger partial charge in [-0.25, -0.2) is 4.21 Å². The Kier molecular flexibility index (Phi) is 3.44. The summed E-state index contributed by atoms with van der Waals surface area (Å²) < 4.78 is 19.4. The molecule has 1 rings (SSSR count). The summed E-state index contributed by atoms with van der Waals surface area (Å²) in [5, 5.41) is -0.188. The fourth-order valence-corrected chi connectivity index (χ4v) is 1.35. The van der Waals surface area contributed by atoms with Crippen molar-refractivity contribution in [3.05, 3.63) is 35.9 Å². The lowest BCUT2D eigenvalue weighted by atomic mass is 10.1. The van der Waals surface area contributed by atoms with Crippen LogP contribution in [0.3, 0.4) is 0 Å². The standard InChI is InChI=1S/C9H12O2S/c1-8(12(10)11)7-9-5-3-2-4-6-9/h2-6,8H,7H2,1H3,(H,10,11). The Balaban J connectivity index is 2.58. The first-order chi connectivity index (χ1) is 5.70. The topological polar surface area (TPSA) is 37.3 Å². The van der Waals surface area contributed by atoms with Crippen LogP contribution in [0.25, 0.3) is 0 Å². The number of benzene rings is 1. The first-order valence-corrected chi connectivity index (χ1v) is 5.00. The lowest BCUT2D eigenvalue weighted by molar-refractivity contribution is 0.550. The maximum absolute atomic E-state index is 10.6. The largest absolute Gasteiger partial charge is 0.306 e. The highest BCUT2D eigenvalue weighted by molar-refractivity contribution is 7.79. The van der Waals surface area contributed by atoms with Gasteiger partial charge in [-0.15, -0.1) is 0 Å². The summed E-state index contributed by atoms with van der Waals surface area (Å²) in [5.41, 5.74) is 1.10. The SMILES string of the molecule is CC(Cc1ccccc1)S(=O)O. The zero-order valence-electron chi connectivity index (χ0n) is 6.93. The van der Waals surface area contributed by atoms with Crippen LogP contribution in [-0.2, 0) is 17.5 Å². The van der Waals surface area contributed by atoms with E-state index in [0.29, 0.717) is 6.42 Å². The van der Waals surface area contributed by atoms with E-state index in [-0.39, 0.29) is 5.25 Å². The summed E-state index contributed by atoms with van der Waals surface area (Å²) >= 11 is -1.71. The minimum absolute atomic E-state index is 0.188. The van der Waals surface area contributed by atoms with Crippen LogP contribution >= 0.6 is 0 Å². The Morgan fingerprint density at radius 1 is 1.42 bits per heavy atom. The number of hydrogen-bond donors (Lipinski definition) is 1. The molecule has 3 heteroatoms. The van der Waals surface area contributed by atoms with E-state index < -0.39 is 11.1 Å². The molecular weight excluding hydrogens is 172 g/mol. The first-order valence-electron chi connectivity index (χ1n) is 3.83. The van der Waals surface area contributed by atoms with Gasteiger partial charge in [-0.1, -0.05) is 30.3 Å². The van der Waals surface area contributed by atoms with E-state index in [1.807, 2.05) is 30.3 Å². The Morgan fingerprint density at radius 2 is 2.00 bits per heavy atom. The average molecular weight is 184 g/mol. The third-order valence-electron chi connectivity index (χ3n) is 1.71. The quantitative estimate of drug-likeness (QED) is 0.728. The fourth-order valence-electron chi connectivity index (χ4n) is 1.02. The van der Waals surface area contributed by atoms with Gasteiger partial charge in [-0.3, -0.25) is 0 Å². The molecule has 0 radical (unpaired) electrons. The highest BCUT2D eigenvalue weighted by Crippen LogP contribution is 2.05. The number of rotatable bonds is 3. The van der Waals surface area contributed by atoms with Crippen LogP contribution in [0.1, 0.15) is 12.5 Å². The molecular formula is C9H12O2S. The molecule has 0 aromatic heterocycles. The van der Waals surface area contributed by atoms with E-state index in [4.69, 9.17) is 4.55 Å². The Labute approximate surface area is 74.9 Å². The summed E-state index contributed by atoms with van der Waals surface area (Å²) in [6.07, 6.45) is 0.657. The summed E-state index contributed by atoms with van der Waals surface area (Å²) in [7, 11) is 0. The predicted octanol–water partition coefficient (Wildman–Crippen LogP) is 1.84. The molecule has 1 aromatic carbocycles. The summed E-state index contributed by atoms with van der Waals surface area (Å²) in [5.74, 6) is 0. The minimum Gasteiger partial charge on any atom is -0.306 e. The zero-order valence-corrected chi connectivity index (χ0v) is 7.75. The molecule has 66 valence electrons. The molecule has 1 N–H and O–H groups in total. The molecule has 0 aliphatic carbocycles. The highest BCUT2D eigenvalue weighted by Gasteiger charge is 2.08. The Bertz CT molecular complexity index is 258. The van der Waals surface area contributed by atoms with Crippen LogP contribution in [0.15, 0.2) is 30.3 Å². The predicted molar refractivity (Wildman–Crippen MR) is 50.4 cm³/mol. The van der Waals surface area contributed by atoms with Gasteiger partial charge in [0, 0.05) is 0 Å². The van der Waals surface area contributed by atoms with Crippen molar-refractivity contribution in [1.82, 2.24) is 0 Å². The second-order valence-electron chi connectivity index (χ2n) is 2.78. The minimum atomic E-state index is -1.71. The smallest absolute Gasteiger partial charge is 0.156 e. The summed E-state index contributed by atoms with van der Waals surface area (Å²) in [6.45, 7) is 1.77. The van der Waals surface area contributed by atoms with Gasteiger partial charge in [0.25, 0.3) is 0 Å². The molecule has 1 aromatic rings. The van der Waals surface area contributed by atoms with E-state index >= 15 is 0 Å². The van der Waals surface area contributed by atoms with Crippen molar-refractivity contribution in [2.45, 2.75) is 18.6 Å². The van der Waals surface area contributed by atoms with Gasteiger partial charge in [-0.05, 0) is 18.9 Å². The van der Waals surface area contributed by atoms with E-state index in [0.717, 1.165) is 5.56 Å². The monoisotopic (exact) mass is 184 g/mol. The number of hydrogen-bond acceptors (Lipinski definition) is 1. The lowest BCUT2D eigenvalue weighted by Gasteiger charge is -2.05. The van der Waals surface area contributed by atoms with Crippen LogP contribution in [0.2, 0.25) is 0 Å². The van der Waals surface area contributed by atoms with Crippen molar-refractivity contribution in [2.24, 2.45) is 0 Å². The summed E-state index contributed by atoms with van der Waals surface area (Å²) in [6, 6.07) is 9.72. The Morgan fingerprint density at radius 3 is 2.50 bits per heavy atom. The van der Waals surface area contributed by atoms with Crippen molar-refractivity contribution in [3.8, 4) is 0 Å². The molecule has 0 saturated carbocycles.